The Hall–Kier alpha value is -2.97. The molecule has 9 heteroatoms. The highest BCUT2D eigenvalue weighted by molar-refractivity contribution is 6.16. The van der Waals surface area contributed by atoms with Gasteiger partial charge in [0.1, 0.15) is 6.61 Å². The molecule has 4 rings (SSSR count). The van der Waals surface area contributed by atoms with Crippen molar-refractivity contribution in [2.24, 2.45) is 4.99 Å². The van der Waals surface area contributed by atoms with Gasteiger partial charge in [-0.3, -0.25) is 4.99 Å². The Morgan fingerprint density at radius 3 is 2.52 bits per heavy atom. The lowest BCUT2D eigenvalue weighted by Gasteiger charge is -2.35. The largest absolute Gasteiger partial charge is 0.493 e. The maximum Gasteiger partial charge on any atom is 0.319 e. The Labute approximate surface area is 179 Å². The van der Waals surface area contributed by atoms with E-state index in [9.17, 15) is 8.78 Å². The summed E-state index contributed by atoms with van der Waals surface area (Å²) in [6.07, 6.45) is 3.18. The number of benzene rings is 1. The molecule has 0 saturated heterocycles. The molecule has 1 saturated carbocycles. The van der Waals surface area contributed by atoms with Crippen molar-refractivity contribution in [3.8, 4) is 23.4 Å². The number of aliphatic imine (C=N–C) groups is 1. The molecule has 1 aromatic heterocycles. The fourth-order valence-corrected chi connectivity index (χ4v) is 4.36. The quantitative estimate of drug-likeness (QED) is 0.657. The van der Waals surface area contributed by atoms with Gasteiger partial charge in [-0.05, 0) is 30.5 Å². The topological polar surface area (TPSA) is 75.1 Å². The first-order valence-corrected chi connectivity index (χ1v) is 10.2. The van der Waals surface area contributed by atoms with Crippen molar-refractivity contribution in [2.75, 3.05) is 27.9 Å². The number of methoxy groups -OCH3 is 3. The lowest BCUT2D eigenvalue weighted by molar-refractivity contribution is 0.0803. The molecule has 166 valence electrons. The second kappa shape index (κ2) is 9.03. The van der Waals surface area contributed by atoms with Crippen molar-refractivity contribution >= 4 is 5.71 Å². The molecule has 1 aromatic carbocycles. The lowest BCUT2D eigenvalue weighted by Crippen LogP contribution is -2.30. The highest BCUT2D eigenvalue weighted by atomic mass is 19.3. The molecule has 2 atom stereocenters. The van der Waals surface area contributed by atoms with Crippen molar-refractivity contribution < 1.29 is 27.7 Å². The van der Waals surface area contributed by atoms with Crippen LogP contribution in [-0.4, -0.2) is 56.1 Å². The predicted octanol–water partition coefficient (Wildman–Crippen LogP) is 4.02. The fraction of sp³-hybridized carbons (Fsp3) is 0.500. The van der Waals surface area contributed by atoms with Gasteiger partial charge in [0.05, 0.1) is 38.6 Å². The van der Waals surface area contributed by atoms with E-state index in [0.717, 1.165) is 36.8 Å². The Balaban J connectivity index is 1.86. The van der Waals surface area contributed by atoms with Crippen LogP contribution in [0.15, 0.2) is 23.3 Å². The van der Waals surface area contributed by atoms with Crippen LogP contribution in [0, 0.1) is 0 Å². The minimum Gasteiger partial charge on any atom is -0.493 e. The van der Waals surface area contributed by atoms with Crippen LogP contribution >= 0.6 is 0 Å². The Bertz CT molecular complexity index is 983. The zero-order valence-corrected chi connectivity index (χ0v) is 17.7. The number of aromatic nitrogens is 2. The molecule has 1 aliphatic heterocycles. The average molecular weight is 433 g/mol. The smallest absolute Gasteiger partial charge is 0.319 e. The van der Waals surface area contributed by atoms with Gasteiger partial charge in [-0.1, -0.05) is 12.8 Å². The summed E-state index contributed by atoms with van der Waals surface area (Å²) in [7, 11) is 4.50. The molecule has 31 heavy (non-hydrogen) atoms. The second-order valence-electron chi connectivity index (χ2n) is 7.51. The zero-order chi connectivity index (χ0) is 22.0. The highest BCUT2D eigenvalue weighted by Crippen LogP contribution is 2.45. The van der Waals surface area contributed by atoms with E-state index in [1.807, 2.05) is 6.07 Å². The number of nitrogens with zero attached hydrogens (tertiary/aromatic N) is 3. The van der Waals surface area contributed by atoms with Crippen LogP contribution < -0.4 is 18.9 Å². The van der Waals surface area contributed by atoms with Gasteiger partial charge < -0.3 is 18.9 Å². The third-order valence-electron chi connectivity index (χ3n) is 5.74. The van der Waals surface area contributed by atoms with E-state index in [1.54, 1.807) is 12.3 Å². The number of ether oxygens (including phenoxy) is 4. The summed E-state index contributed by atoms with van der Waals surface area (Å²) in [5.74, 6) is 1.22. The minimum absolute atomic E-state index is 0.0828. The van der Waals surface area contributed by atoms with Gasteiger partial charge in [0.15, 0.2) is 11.5 Å². The summed E-state index contributed by atoms with van der Waals surface area (Å²) in [6, 6.07) is 3.90. The van der Waals surface area contributed by atoms with Crippen molar-refractivity contribution in [3.05, 3.63) is 35.0 Å². The molecule has 0 bridgehead atoms. The van der Waals surface area contributed by atoms with Crippen molar-refractivity contribution in [2.45, 2.75) is 44.1 Å². The van der Waals surface area contributed by atoms with Crippen molar-refractivity contribution in [3.63, 3.8) is 0 Å². The van der Waals surface area contributed by atoms with Crippen LogP contribution in [0.5, 0.6) is 23.4 Å². The standard InChI is InChI=1S/C22H25F2N3O4/c1-28-17-9-14-13(8-18(17)31-11-19(23)24)12-6-4-5-7-16(12)26-20(14)15-10-25-22(30-3)27-21(15)29-2/h8-10,12,16,19H,4-7,11H2,1-3H3/t12-,16-/m1/s1. The molecular weight excluding hydrogens is 408 g/mol. The van der Waals surface area contributed by atoms with Gasteiger partial charge in [-0.25, -0.2) is 13.8 Å². The Morgan fingerprint density at radius 2 is 1.81 bits per heavy atom. The first-order chi connectivity index (χ1) is 15.0. The molecule has 7 nitrogen and oxygen atoms in total. The maximum atomic E-state index is 12.8. The molecular formula is C22H25F2N3O4. The molecule has 1 fully saturated rings. The normalized spacial score (nSPS) is 19.9. The van der Waals surface area contributed by atoms with Crippen molar-refractivity contribution in [1.29, 1.82) is 0 Å². The molecule has 0 spiro atoms. The molecule has 0 N–H and O–H groups in total. The van der Waals surface area contributed by atoms with E-state index >= 15 is 0 Å². The van der Waals surface area contributed by atoms with E-state index < -0.39 is 13.0 Å². The van der Waals surface area contributed by atoms with Gasteiger partial charge in [-0.2, -0.15) is 4.98 Å². The zero-order valence-electron chi connectivity index (χ0n) is 17.7. The summed E-state index contributed by atoms with van der Waals surface area (Å²) in [5.41, 5.74) is 3.18. The maximum absolute atomic E-state index is 12.8. The van der Waals surface area contributed by atoms with Gasteiger partial charge in [-0.15, -0.1) is 0 Å². The second-order valence-corrected chi connectivity index (χ2v) is 7.51. The van der Waals surface area contributed by atoms with E-state index in [-0.39, 0.29) is 18.0 Å². The number of alkyl halides is 2. The van der Waals surface area contributed by atoms with E-state index in [1.165, 1.54) is 21.3 Å². The third kappa shape index (κ3) is 4.13. The van der Waals surface area contributed by atoms with Gasteiger partial charge in [0.25, 0.3) is 6.43 Å². The number of halogens is 2. The van der Waals surface area contributed by atoms with Crippen LogP contribution in [0.2, 0.25) is 0 Å². The summed E-state index contributed by atoms with van der Waals surface area (Å²) in [4.78, 5) is 13.6. The summed E-state index contributed by atoms with van der Waals surface area (Å²) in [6.45, 7) is -0.690. The number of rotatable bonds is 7. The monoisotopic (exact) mass is 433 g/mol. The van der Waals surface area contributed by atoms with Gasteiger partial charge in [0, 0.05) is 17.7 Å². The van der Waals surface area contributed by atoms with Gasteiger partial charge >= 0.3 is 6.01 Å². The number of fused-ring (bicyclic) bond motifs is 3. The average Bonchev–Trinajstić information content (AvgIpc) is 2.81. The molecule has 2 heterocycles. The van der Waals surface area contributed by atoms with Crippen molar-refractivity contribution in [1.82, 2.24) is 9.97 Å². The van der Waals surface area contributed by atoms with Gasteiger partial charge in [0.2, 0.25) is 5.88 Å². The predicted molar refractivity (Wildman–Crippen MR) is 110 cm³/mol. The lowest BCUT2D eigenvalue weighted by atomic mass is 9.75. The molecule has 2 aliphatic rings. The van der Waals surface area contributed by atoms with E-state index in [4.69, 9.17) is 23.9 Å². The van der Waals surface area contributed by atoms with Crippen LogP contribution in [0.3, 0.4) is 0 Å². The number of hydrogen-bond donors (Lipinski definition) is 0. The first kappa shape index (κ1) is 21.3. The number of hydrogen-bond acceptors (Lipinski definition) is 7. The third-order valence-corrected chi connectivity index (χ3v) is 5.74. The molecule has 1 aliphatic carbocycles. The van der Waals surface area contributed by atoms with Crippen LogP contribution in [0.4, 0.5) is 8.78 Å². The summed E-state index contributed by atoms with van der Waals surface area (Å²) >= 11 is 0. The fourth-order valence-electron chi connectivity index (χ4n) is 4.36. The van der Waals surface area contributed by atoms with Crippen LogP contribution in [0.1, 0.15) is 48.3 Å². The molecule has 2 aromatic rings. The Morgan fingerprint density at radius 1 is 1.00 bits per heavy atom. The van der Waals surface area contributed by atoms with Crippen LogP contribution in [-0.2, 0) is 0 Å². The van der Waals surface area contributed by atoms with Crippen LogP contribution in [0.25, 0.3) is 0 Å². The Kier molecular flexibility index (Phi) is 6.20. The minimum atomic E-state index is -2.57. The summed E-state index contributed by atoms with van der Waals surface area (Å²) in [5, 5.41) is 0. The molecule has 0 unspecified atom stereocenters. The highest BCUT2D eigenvalue weighted by Gasteiger charge is 2.35. The summed E-state index contributed by atoms with van der Waals surface area (Å²) < 4.78 is 47.0. The first-order valence-electron chi connectivity index (χ1n) is 10.2. The van der Waals surface area contributed by atoms with E-state index in [0.29, 0.717) is 28.7 Å². The SMILES string of the molecule is COc1ncc(C2=N[C@@H]3CCCC[C@@H]3c3cc(OCC(F)F)c(OC)cc32)c(OC)n1. The molecule has 0 radical (unpaired) electrons. The molecule has 0 amide bonds. The van der Waals surface area contributed by atoms with E-state index in [2.05, 4.69) is 9.97 Å².